The van der Waals surface area contributed by atoms with Gasteiger partial charge in [0.15, 0.2) is 6.54 Å². The van der Waals surface area contributed by atoms with Crippen molar-refractivity contribution >= 4 is 11.6 Å². The van der Waals surface area contributed by atoms with E-state index in [1.165, 1.54) is 16.3 Å². The van der Waals surface area contributed by atoms with Gasteiger partial charge in [-0.3, -0.25) is 9.48 Å². The summed E-state index contributed by atoms with van der Waals surface area (Å²) in [7, 11) is 1.69. The molecule has 0 spiro atoms. The molecular formula is C21H32N5O2+. The average molecular weight is 387 g/mol. The van der Waals surface area contributed by atoms with Crippen molar-refractivity contribution in [2.24, 2.45) is 0 Å². The Morgan fingerprint density at radius 1 is 1.25 bits per heavy atom. The Labute approximate surface area is 167 Å². The molecule has 1 aliphatic rings. The number of nitrogens with zero attached hydrogens (tertiary/aromatic N) is 3. The van der Waals surface area contributed by atoms with Crippen molar-refractivity contribution < 1.29 is 14.4 Å². The summed E-state index contributed by atoms with van der Waals surface area (Å²) in [5, 5.41) is 7.50. The quantitative estimate of drug-likeness (QED) is 0.646. The van der Waals surface area contributed by atoms with Gasteiger partial charge in [-0.05, 0) is 38.5 Å². The second kappa shape index (κ2) is 9.59. The summed E-state index contributed by atoms with van der Waals surface area (Å²) in [6, 6.07) is 10.2. The maximum absolute atomic E-state index is 12.2. The number of ether oxygens (including phenoxy) is 1. The number of nitrogens with one attached hydrogen (secondary N) is 2. The van der Waals surface area contributed by atoms with Gasteiger partial charge in [-0.25, -0.2) is 0 Å². The Kier molecular flexibility index (Phi) is 6.92. The van der Waals surface area contributed by atoms with Crippen LogP contribution in [0.4, 0.5) is 5.69 Å². The number of carbonyl (C=O) groups is 1. The number of anilines is 1. The molecule has 2 aromatic rings. The third-order valence-corrected chi connectivity index (χ3v) is 5.27. The molecule has 0 bridgehead atoms. The number of aryl methyl sites for hydroxylation is 3. The third-order valence-electron chi connectivity index (χ3n) is 5.27. The highest BCUT2D eigenvalue weighted by atomic mass is 16.5. The van der Waals surface area contributed by atoms with Crippen LogP contribution < -0.4 is 19.9 Å². The number of piperazine rings is 1. The summed E-state index contributed by atoms with van der Waals surface area (Å²) in [6.45, 7) is 9.99. The molecule has 0 saturated carbocycles. The first-order valence-corrected chi connectivity index (χ1v) is 10.1. The van der Waals surface area contributed by atoms with Crippen LogP contribution in [-0.4, -0.2) is 62.1 Å². The highest BCUT2D eigenvalue weighted by Gasteiger charge is 2.22. The molecule has 2 N–H and O–H groups in total. The second-order valence-electron chi connectivity index (χ2n) is 7.47. The summed E-state index contributed by atoms with van der Waals surface area (Å²) >= 11 is 0. The van der Waals surface area contributed by atoms with Crippen LogP contribution in [0.2, 0.25) is 0 Å². The number of carbonyl (C=O) groups excluding carboxylic acids is 1. The fourth-order valence-electron chi connectivity index (χ4n) is 3.71. The zero-order valence-corrected chi connectivity index (χ0v) is 17.2. The van der Waals surface area contributed by atoms with Crippen molar-refractivity contribution in [2.45, 2.75) is 26.8 Å². The van der Waals surface area contributed by atoms with Crippen molar-refractivity contribution in [3.63, 3.8) is 0 Å². The maximum atomic E-state index is 12.2. The fourth-order valence-corrected chi connectivity index (χ4v) is 3.71. The largest absolute Gasteiger partial charge is 0.497 e. The lowest BCUT2D eigenvalue weighted by molar-refractivity contribution is -0.892. The molecule has 3 rings (SSSR count). The van der Waals surface area contributed by atoms with E-state index in [9.17, 15) is 4.79 Å². The predicted octanol–water partition coefficient (Wildman–Crippen LogP) is 0.420. The van der Waals surface area contributed by atoms with Gasteiger partial charge in [-0.1, -0.05) is 6.07 Å². The molecule has 0 unspecified atom stereocenters. The van der Waals surface area contributed by atoms with Gasteiger partial charge in [0.2, 0.25) is 0 Å². The first-order chi connectivity index (χ1) is 13.5. The van der Waals surface area contributed by atoms with Gasteiger partial charge in [0, 0.05) is 30.5 Å². The van der Waals surface area contributed by atoms with Crippen LogP contribution in [0.5, 0.6) is 5.75 Å². The highest BCUT2D eigenvalue weighted by molar-refractivity contribution is 5.76. The molecule has 2 heterocycles. The van der Waals surface area contributed by atoms with Gasteiger partial charge in [0.1, 0.15) is 5.75 Å². The molecule has 1 aromatic heterocycles. The molecular weight excluding hydrogens is 354 g/mol. The number of rotatable bonds is 8. The van der Waals surface area contributed by atoms with Crippen molar-refractivity contribution in [2.75, 3.05) is 51.3 Å². The molecule has 0 aliphatic carbocycles. The van der Waals surface area contributed by atoms with E-state index >= 15 is 0 Å². The number of benzene rings is 1. The van der Waals surface area contributed by atoms with Gasteiger partial charge in [-0.15, -0.1) is 0 Å². The number of hydrogen-bond donors (Lipinski definition) is 2. The normalized spacial score (nSPS) is 14.9. The predicted molar refractivity (Wildman–Crippen MR) is 110 cm³/mol. The highest BCUT2D eigenvalue weighted by Crippen LogP contribution is 2.20. The van der Waals surface area contributed by atoms with Crippen LogP contribution in [-0.2, 0) is 11.3 Å². The van der Waals surface area contributed by atoms with Crippen LogP contribution >= 0.6 is 0 Å². The zero-order chi connectivity index (χ0) is 19.9. The van der Waals surface area contributed by atoms with Crippen molar-refractivity contribution in [3.05, 3.63) is 41.7 Å². The molecule has 1 saturated heterocycles. The van der Waals surface area contributed by atoms with E-state index in [0.717, 1.165) is 50.6 Å². The molecule has 1 amide bonds. The molecule has 0 atom stereocenters. The van der Waals surface area contributed by atoms with Crippen molar-refractivity contribution in [1.29, 1.82) is 0 Å². The molecule has 1 aromatic carbocycles. The van der Waals surface area contributed by atoms with Gasteiger partial charge in [0.25, 0.3) is 5.91 Å². The lowest BCUT2D eigenvalue weighted by atomic mass is 10.2. The standard InChI is InChI=1S/C21H31N5O2/c1-17-14-18(2)26(23-17)9-5-8-22-21(27)16-24-10-12-25(13-11-24)19-6-4-7-20(15-19)28-3/h4,6-7,14-15H,5,8-13,16H2,1-3H3,(H,22,27)/p+1. The van der Waals surface area contributed by atoms with Crippen LogP contribution in [0.3, 0.4) is 0 Å². The molecule has 0 radical (unpaired) electrons. The molecule has 152 valence electrons. The monoisotopic (exact) mass is 386 g/mol. The fraction of sp³-hybridized carbons (Fsp3) is 0.524. The minimum Gasteiger partial charge on any atom is -0.497 e. The topological polar surface area (TPSA) is 63.8 Å². The summed E-state index contributed by atoms with van der Waals surface area (Å²) < 4.78 is 7.32. The van der Waals surface area contributed by atoms with E-state index < -0.39 is 0 Å². The summed E-state index contributed by atoms with van der Waals surface area (Å²) in [5.41, 5.74) is 3.40. The SMILES string of the molecule is COc1cccc(N2CC[NH+](CC(=O)NCCCn3nc(C)cc3C)CC2)c1. The first kappa shape index (κ1) is 20.2. The van der Waals surface area contributed by atoms with Gasteiger partial charge < -0.3 is 19.9 Å². The summed E-state index contributed by atoms with van der Waals surface area (Å²) in [4.78, 5) is 15.9. The first-order valence-electron chi connectivity index (χ1n) is 10.1. The van der Waals surface area contributed by atoms with Crippen LogP contribution in [0.25, 0.3) is 0 Å². The minimum atomic E-state index is 0.137. The van der Waals surface area contributed by atoms with E-state index in [-0.39, 0.29) is 5.91 Å². The Morgan fingerprint density at radius 2 is 2.04 bits per heavy atom. The van der Waals surface area contributed by atoms with Crippen LogP contribution in [0.15, 0.2) is 30.3 Å². The number of methoxy groups -OCH3 is 1. The maximum Gasteiger partial charge on any atom is 0.275 e. The lowest BCUT2D eigenvalue weighted by Crippen LogP contribution is -3.15. The number of quaternary nitrogens is 1. The molecule has 1 fully saturated rings. The van der Waals surface area contributed by atoms with Crippen molar-refractivity contribution in [1.82, 2.24) is 15.1 Å². The lowest BCUT2D eigenvalue weighted by Gasteiger charge is -2.33. The number of amides is 1. The number of aromatic nitrogens is 2. The molecule has 1 aliphatic heterocycles. The van der Waals surface area contributed by atoms with E-state index in [0.29, 0.717) is 13.1 Å². The van der Waals surface area contributed by atoms with Crippen LogP contribution in [0, 0.1) is 13.8 Å². The zero-order valence-electron chi connectivity index (χ0n) is 17.2. The van der Waals surface area contributed by atoms with E-state index in [2.05, 4.69) is 40.4 Å². The number of hydrogen-bond acceptors (Lipinski definition) is 4. The summed E-state index contributed by atoms with van der Waals surface area (Å²) in [5.74, 6) is 1.02. The smallest absolute Gasteiger partial charge is 0.275 e. The summed E-state index contributed by atoms with van der Waals surface area (Å²) in [6.07, 6.45) is 0.895. The average Bonchev–Trinajstić information content (AvgIpc) is 3.03. The van der Waals surface area contributed by atoms with E-state index in [1.54, 1.807) is 7.11 Å². The Balaban J connectivity index is 1.35. The minimum absolute atomic E-state index is 0.137. The Bertz CT molecular complexity index is 781. The van der Waals surface area contributed by atoms with E-state index in [1.807, 2.05) is 23.7 Å². The van der Waals surface area contributed by atoms with Crippen LogP contribution in [0.1, 0.15) is 17.8 Å². The second-order valence-corrected chi connectivity index (χ2v) is 7.47. The Morgan fingerprint density at radius 3 is 2.71 bits per heavy atom. The van der Waals surface area contributed by atoms with Gasteiger partial charge in [0.05, 0.1) is 39.0 Å². The Hall–Kier alpha value is -2.54. The van der Waals surface area contributed by atoms with Crippen molar-refractivity contribution in [3.8, 4) is 5.75 Å². The molecule has 28 heavy (non-hydrogen) atoms. The molecule has 7 heteroatoms. The third kappa shape index (κ3) is 5.48. The molecule has 7 nitrogen and oxygen atoms in total. The van der Waals surface area contributed by atoms with Gasteiger partial charge in [-0.2, -0.15) is 5.10 Å². The van der Waals surface area contributed by atoms with Gasteiger partial charge >= 0.3 is 0 Å². The van der Waals surface area contributed by atoms with E-state index in [4.69, 9.17) is 4.74 Å².